The molecular weight excluding hydrogens is 340 g/mol. The van der Waals surface area contributed by atoms with Crippen molar-refractivity contribution in [3.05, 3.63) is 28.8 Å². The van der Waals surface area contributed by atoms with E-state index in [1.165, 1.54) is 25.2 Å². The van der Waals surface area contributed by atoms with Crippen LogP contribution in [0.4, 0.5) is 0 Å². The zero-order chi connectivity index (χ0) is 16.4. The van der Waals surface area contributed by atoms with E-state index in [0.29, 0.717) is 0 Å². The molecule has 118 valence electrons. The SMILES string of the molecule is CN(CCS(C)(=O)=O)C(=O)c1c(Cl)cccc1S(N)(=O)=O. The van der Waals surface area contributed by atoms with Crippen LogP contribution in [0.2, 0.25) is 5.02 Å². The van der Waals surface area contributed by atoms with Crippen LogP contribution in [-0.4, -0.2) is 53.2 Å². The number of nitrogens with zero attached hydrogens (tertiary/aromatic N) is 1. The molecule has 0 fully saturated rings. The molecule has 0 saturated carbocycles. The van der Waals surface area contributed by atoms with Crippen LogP contribution in [0.1, 0.15) is 10.4 Å². The number of rotatable bonds is 5. The Bertz CT molecular complexity index is 759. The monoisotopic (exact) mass is 354 g/mol. The van der Waals surface area contributed by atoms with Crippen LogP contribution in [0.15, 0.2) is 23.1 Å². The second-order valence-corrected chi connectivity index (χ2v) is 8.71. The van der Waals surface area contributed by atoms with E-state index in [9.17, 15) is 21.6 Å². The zero-order valence-corrected chi connectivity index (χ0v) is 13.8. The highest BCUT2D eigenvalue weighted by molar-refractivity contribution is 7.90. The van der Waals surface area contributed by atoms with Gasteiger partial charge in [0.25, 0.3) is 5.91 Å². The van der Waals surface area contributed by atoms with Crippen molar-refractivity contribution in [1.29, 1.82) is 0 Å². The predicted molar refractivity (Wildman–Crippen MR) is 79.5 cm³/mol. The first-order chi connectivity index (χ1) is 9.43. The van der Waals surface area contributed by atoms with Gasteiger partial charge in [0.05, 0.1) is 21.2 Å². The molecule has 0 aliphatic heterocycles. The van der Waals surface area contributed by atoms with Gasteiger partial charge in [0.2, 0.25) is 10.0 Å². The first-order valence-corrected chi connectivity index (χ1v) is 9.66. The number of hydrogen-bond donors (Lipinski definition) is 1. The van der Waals surface area contributed by atoms with E-state index in [0.717, 1.165) is 11.2 Å². The van der Waals surface area contributed by atoms with E-state index < -0.39 is 30.7 Å². The molecule has 1 aromatic carbocycles. The smallest absolute Gasteiger partial charge is 0.256 e. The fraction of sp³-hybridized carbons (Fsp3) is 0.364. The summed E-state index contributed by atoms with van der Waals surface area (Å²) in [5, 5.41) is 4.98. The van der Waals surface area contributed by atoms with Gasteiger partial charge >= 0.3 is 0 Å². The molecule has 0 spiro atoms. The molecule has 1 amide bonds. The maximum absolute atomic E-state index is 12.3. The van der Waals surface area contributed by atoms with E-state index in [1.54, 1.807) is 0 Å². The molecule has 7 nitrogen and oxygen atoms in total. The largest absolute Gasteiger partial charge is 0.341 e. The number of carbonyl (C=O) groups excluding carboxylic acids is 1. The van der Waals surface area contributed by atoms with Crippen LogP contribution in [-0.2, 0) is 19.9 Å². The van der Waals surface area contributed by atoms with Crippen molar-refractivity contribution >= 4 is 37.4 Å². The van der Waals surface area contributed by atoms with E-state index in [1.807, 2.05) is 0 Å². The number of benzene rings is 1. The molecule has 0 radical (unpaired) electrons. The van der Waals surface area contributed by atoms with Gasteiger partial charge in [0.15, 0.2) is 0 Å². The molecule has 0 aromatic heterocycles. The van der Waals surface area contributed by atoms with E-state index in [2.05, 4.69) is 0 Å². The van der Waals surface area contributed by atoms with Gasteiger partial charge in [-0.15, -0.1) is 0 Å². The number of hydrogen-bond acceptors (Lipinski definition) is 5. The third-order valence-corrected chi connectivity index (χ3v) is 4.83. The number of amides is 1. The van der Waals surface area contributed by atoms with Crippen LogP contribution >= 0.6 is 11.6 Å². The Labute approximate surface area is 128 Å². The third-order valence-electron chi connectivity index (χ3n) is 2.64. The van der Waals surface area contributed by atoms with Gasteiger partial charge in [0.1, 0.15) is 9.84 Å². The number of sulfone groups is 1. The number of carbonyl (C=O) groups is 1. The number of nitrogens with two attached hydrogens (primary N) is 1. The molecule has 1 aromatic rings. The fourth-order valence-corrected chi connectivity index (χ4v) is 3.21. The average Bonchev–Trinajstić information content (AvgIpc) is 2.32. The molecule has 0 unspecified atom stereocenters. The predicted octanol–water partition coefficient (Wildman–Crippen LogP) is 0.104. The van der Waals surface area contributed by atoms with Crippen molar-refractivity contribution in [1.82, 2.24) is 4.90 Å². The summed E-state index contributed by atoms with van der Waals surface area (Å²) in [7, 11) is -6.03. The first-order valence-electron chi connectivity index (χ1n) is 5.68. The summed E-state index contributed by atoms with van der Waals surface area (Å²) in [4.78, 5) is 13.0. The summed E-state index contributed by atoms with van der Waals surface area (Å²) < 4.78 is 45.2. The van der Waals surface area contributed by atoms with Crippen LogP contribution in [0.3, 0.4) is 0 Å². The molecule has 0 bridgehead atoms. The molecule has 10 heteroatoms. The van der Waals surface area contributed by atoms with Gasteiger partial charge in [-0.25, -0.2) is 22.0 Å². The summed E-state index contributed by atoms with van der Waals surface area (Å²) in [5.74, 6) is -0.960. The Kier molecular flexibility index (Phi) is 5.37. The van der Waals surface area contributed by atoms with Gasteiger partial charge in [-0.2, -0.15) is 0 Å². The summed E-state index contributed by atoms with van der Waals surface area (Å²) >= 11 is 5.88. The molecule has 0 saturated heterocycles. The van der Waals surface area contributed by atoms with Gasteiger partial charge in [-0.3, -0.25) is 4.79 Å². The summed E-state index contributed by atoms with van der Waals surface area (Å²) in [6, 6.07) is 3.88. The van der Waals surface area contributed by atoms with Gasteiger partial charge in [-0.1, -0.05) is 17.7 Å². The topological polar surface area (TPSA) is 115 Å². The number of primary sulfonamides is 1. The Balaban J connectivity index is 3.19. The van der Waals surface area contributed by atoms with E-state index in [4.69, 9.17) is 16.7 Å². The highest BCUT2D eigenvalue weighted by atomic mass is 35.5. The summed E-state index contributed by atoms with van der Waals surface area (Å²) in [6.45, 7) is -0.0903. The molecule has 0 aliphatic carbocycles. The van der Waals surface area contributed by atoms with Gasteiger partial charge in [0, 0.05) is 19.8 Å². The van der Waals surface area contributed by atoms with Crippen LogP contribution in [0.5, 0.6) is 0 Å². The lowest BCUT2D eigenvalue weighted by Crippen LogP contribution is -2.33. The van der Waals surface area contributed by atoms with Crippen molar-refractivity contribution in [2.24, 2.45) is 5.14 Å². The lowest BCUT2D eigenvalue weighted by molar-refractivity contribution is 0.0800. The van der Waals surface area contributed by atoms with Crippen LogP contribution in [0, 0.1) is 0 Å². The fourth-order valence-electron chi connectivity index (χ4n) is 1.54. The zero-order valence-electron chi connectivity index (χ0n) is 11.4. The second-order valence-electron chi connectivity index (χ2n) is 4.51. The Hall–Kier alpha value is -1.16. The number of halogens is 1. The van der Waals surface area contributed by atoms with Crippen molar-refractivity contribution in [2.75, 3.05) is 25.6 Å². The van der Waals surface area contributed by atoms with Crippen molar-refractivity contribution < 1.29 is 21.6 Å². The molecule has 0 heterocycles. The normalized spacial score (nSPS) is 12.2. The van der Waals surface area contributed by atoms with E-state index in [-0.39, 0.29) is 22.9 Å². The third kappa shape index (κ3) is 4.95. The quantitative estimate of drug-likeness (QED) is 0.805. The minimum Gasteiger partial charge on any atom is -0.341 e. The standard InChI is InChI=1S/C11H15ClN2O5S2/c1-14(6-7-20(2,16)17)11(15)10-8(12)4-3-5-9(10)21(13,18)19/h3-5H,6-7H2,1-2H3,(H2,13,18,19). The lowest BCUT2D eigenvalue weighted by Gasteiger charge is -2.19. The maximum Gasteiger partial charge on any atom is 0.256 e. The molecule has 2 N–H and O–H groups in total. The van der Waals surface area contributed by atoms with Gasteiger partial charge < -0.3 is 4.90 Å². The van der Waals surface area contributed by atoms with Crippen molar-refractivity contribution in [3.63, 3.8) is 0 Å². The molecular formula is C11H15ClN2O5S2. The highest BCUT2D eigenvalue weighted by Gasteiger charge is 2.25. The number of sulfonamides is 1. The Morgan fingerprint density at radius 2 is 1.86 bits per heavy atom. The molecule has 0 atom stereocenters. The summed E-state index contributed by atoms with van der Waals surface area (Å²) in [5.41, 5.74) is -0.266. The second kappa shape index (κ2) is 6.30. The molecule has 21 heavy (non-hydrogen) atoms. The van der Waals surface area contributed by atoms with Crippen molar-refractivity contribution in [3.8, 4) is 0 Å². The summed E-state index contributed by atoms with van der Waals surface area (Å²) in [6.07, 6.45) is 1.04. The minimum atomic E-state index is -4.13. The molecule has 1 rings (SSSR count). The van der Waals surface area contributed by atoms with Gasteiger partial charge in [-0.05, 0) is 12.1 Å². The Morgan fingerprint density at radius 1 is 1.29 bits per heavy atom. The first kappa shape index (κ1) is 17.9. The maximum atomic E-state index is 12.3. The van der Waals surface area contributed by atoms with Crippen LogP contribution in [0.25, 0.3) is 0 Å². The van der Waals surface area contributed by atoms with Crippen LogP contribution < -0.4 is 5.14 Å². The average molecular weight is 355 g/mol. The Morgan fingerprint density at radius 3 is 2.33 bits per heavy atom. The van der Waals surface area contributed by atoms with E-state index >= 15 is 0 Å². The van der Waals surface area contributed by atoms with Crippen molar-refractivity contribution in [2.45, 2.75) is 4.90 Å². The minimum absolute atomic E-state index is 0.0715. The lowest BCUT2D eigenvalue weighted by atomic mass is 10.2. The molecule has 0 aliphatic rings. The highest BCUT2D eigenvalue weighted by Crippen LogP contribution is 2.24.